The minimum Gasteiger partial charge on any atom is -0.370 e. The summed E-state index contributed by atoms with van der Waals surface area (Å²) in [7, 11) is 0. The number of alkyl halides is 1. The zero-order chi connectivity index (χ0) is 26.9. The van der Waals surface area contributed by atoms with Gasteiger partial charge in [0.2, 0.25) is 0 Å². The molecule has 0 saturated carbocycles. The van der Waals surface area contributed by atoms with Crippen LogP contribution in [-0.2, 0) is 4.74 Å². The van der Waals surface area contributed by atoms with Gasteiger partial charge >= 0.3 is 0 Å². The van der Waals surface area contributed by atoms with Gasteiger partial charge in [0.25, 0.3) is 0 Å². The van der Waals surface area contributed by atoms with Crippen LogP contribution in [0.1, 0.15) is 12.5 Å². The van der Waals surface area contributed by atoms with Crippen LogP contribution in [0.25, 0.3) is 10.9 Å². The van der Waals surface area contributed by atoms with Gasteiger partial charge in [-0.2, -0.15) is 5.26 Å². The van der Waals surface area contributed by atoms with Crippen LogP contribution in [0.3, 0.4) is 0 Å². The normalized spacial score (nSPS) is 26.3. The van der Waals surface area contributed by atoms with E-state index in [0.717, 1.165) is 68.1 Å². The minimum absolute atomic E-state index is 0.105. The molecule has 3 saturated heterocycles. The van der Waals surface area contributed by atoms with E-state index in [2.05, 4.69) is 69.1 Å². The molecule has 3 aliphatic rings. The fourth-order valence-corrected chi connectivity index (χ4v) is 6.22. The molecule has 3 aliphatic heterocycles. The Morgan fingerprint density at radius 3 is 2.38 bits per heavy atom. The number of rotatable bonds is 5. The molecule has 9 heteroatoms. The number of nitrogens with two attached hydrogens (primary N) is 1. The highest BCUT2D eigenvalue weighted by Gasteiger charge is 2.31. The van der Waals surface area contributed by atoms with Gasteiger partial charge in [-0.1, -0.05) is 0 Å². The van der Waals surface area contributed by atoms with Crippen molar-refractivity contribution in [2.45, 2.75) is 31.3 Å². The van der Waals surface area contributed by atoms with Crippen molar-refractivity contribution in [2.24, 2.45) is 5.73 Å². The van der Waals surface area contributed by atoms with Crippen molar-refractivity contribution in [3.63, 3.8) is 0 Å². The smallest absolute Gasteiger partial charge is 0.134 e. The zero-order valence-corrected chi connectivity index (χ0v) is 22.4. The molecule has 8 nitrogen and oxygen atoms in total. The number of fused-ring (bicyclic) bond motifs is 1. The summed E-state index contributed by atoms with van der Waals surface area (Å²) in [6, 6.07) is 18.2. The van der Waals surface area contributed by atoms with Crippen LogP contribution in [0.15, 0.2) is 54.7 Å². The molecule has 0 amide bonds. The first-order valence-corrected chi connectivity index (χ1v) is 13.9. The van der Waals surface area contributed by atoms with Gasteiger partial charge in [0.1, 0.15) is 12.2 Å². The summed E-state index contributed by atoms with van der Waals surface area (Å²) in [4.78, 5) is 13.8. The summed E-state index contributed by atoms with van der Waals surface area (Å²) in [5.41, 5.74) is 10.6. The molecule has 2 aromatic carbocycles. The molecule has 0 aliphatic carbocycles. The maximum absolute atomic E-state index is 13.8. The molecule has 2 N–H and O–H groups in total. The third-order valence-corrected chi connectivity index (χ3v) is 8.24. The van der Waals surface area contributed by atoms with Gasteiger partial charge in [-0.3, -0.25) is 9.88 Å². The molecule has 0 spiro atoms. The summed E-state index contributed by atoms with van der Waals surface area (Å²) in [6.45, 7) is 9.44. The largest absolute Gasteiger partial charge is 0.370 e. The van der Waals surface area contributed by atoms with Crippen LogP contribution in [-0.4, -0.2) is 93.2 Å². The van der Waals surface area contributed by atoms with Crippen molar-refractivity contribution < 1.29 is 9.13 Å². The van der Waals surface area contributed by atoms with E-state index in [-0.39, 0.29) is 12.2 Å². The standard InChI is InChI=1S/C30H36FN7O/c1-21-16-38(29-9-4-22(15-32)30-26(29)3-2-10-34-30)18-25(39-21)17-35-11-13-36(14-12-35)23-5-7-24(8-6-23)37-19-27(31)28(33)20-37/h2-10,21,25,27-28H,11-14,16-20,33H2,1H3/t21-,25+,27?,28?/m1/s1. The van der Waals surface area contributed by atoms with Crippen molar-refractivity contribution in [3.8, 4) is 6.07 Å². The average molecular weight is 530 g/mol. The molecule has 0 bridgehead atoms. The summed E-state index contributed by atoms with van der Waals surface area (Å²) in [5, 5.41) is 10.5. The summed E-state index contributed by atoms with van der Waals surface area (Å²) < 4.78 is 20.2. The van der Waals surface area contributed by atoms with Gasteiger partial charge in [0, 0.05) is 81.0 Å². The van der Waals surface area contributed by atoms with E-state index >= 15 is 0 Å². The highest BCUT2D eigenvalue weighted by atomic mass is 19.1. The summed E-state index contributed by atoms with van der Waals surface area (Å²) in [5.74, 6) is 0. The Balaban J connectivity index is 1.06. The number of nitrogens with zero attached hydrogens (tertiary/aromatic N) is 6. The van der Waals surface area contributed by atoms with E-state index in [1.807, 2.05) is 17.0 Å². The molecule has 3 aromatic rings. The number of aromatic nitrogens is 1. The van der Waals surface area contributed by atoms with Crippen molar-refractivity contribution in [3.05, 3.63) is 60.3 Å². The minimum atomic E-state index is -0.957. The quantitative estimate of drug-likeness (QED) is 0.540. The third kappa shape index (κ3) is 5.37. The fourth-order valence-electron chi connectivity index (χ4n) is 6.22. The number of piperazine rings is 1. The number of hydrogen-bond acceptors (Lipinski definition) is 8. The van der Waals surface area contributed by atoms with Gasteiger partial charge in [-0.05, 0) is 55.5 Å². The number of pyridine rings is 1. The lowest BCUT2D eigenvalue weighted by molar-refractivity contribution is -0.0327. The van der Waals surface area contributed by atoms with E-state index in [4.69, 9.17) is 10.5 Å². The van der Waals surface area contributed by atoms with Gasteiger partial charge in [-0.15, -0.1) is 0 Å². The van der Waals surface area contributed by atoms with Crippen molar-refractivity contribution in [2.75, 3.05) is 73.6 Å². The second kappa shape index (κ2) is 11.0. The van der Waals surface area contributed by atoms with Crippen LogP contribution < -0.4 is 20.4 Å². The Labute approximate surface area is 229 Å². The Bertz CT molecular complexity index is 1330. The van der Waals surface area contributed by atoms with Crippen molar-refractivity contribution >= 4 is 28.0 Å². The maximum atomic E-state index is 13.8. The van der Waals surface area contributed by atoms with E-state index in [1.54, 1.807) is 6.20 Å². The van der Waals surface area contributed by atoms with Crippen LogP contribution in [0, 0.1) is 11.3 Å². The predicted octanol–water partition coefficient (Wildman–Crippen LogP) is 3.01. The molecule has 204 valence electrons. The van der Waals surface area contributed by atoms with Crippen LogP contribution in [0.2, 0.25) is 0 Å². The van der Waals surface area contributed by atoms with Gasteiger partial charge in [0.05, 0.1) is 35.9 Å². The second-order valence-electron chi connectivity index (χ2n) is 11.0. The first-order valence-electron chi connectivity index (χ1n) is 13.9. The average Bonchev–Trinajstić information content (AvgIpc) is 3.30. The number of ether oxygens (including phenoxy) is 1. The van der Waals surface area contributed by atoms with Crippen LogP contribution in [0.4, 0.5) is 21.5 Å². The molecular formula is C30H36FN7O. The van der Waals surface area contributed by atoms with Crippen LogP contribution in [0.5, 0.6) is 0 Å². The van der Waals surface area contributed by atoms with Gasteiger partial charge in [-0.25, -0.2) is 4.39 Å². The maximum Gasteiger partial charge on any atom is 0.134 e. The summed E-state index contributed by atoms with van der Waals surface area (Å²) >= 11 is 0. The van der Waals surface area contributed by atoms with Crippen molar-refractivity contribution in [1.29, 1.82) is 5.26 Å². The Morgan fingerprint density at radius 2 is 1.69 bits per heavy atom. The summed E-state index contributed by atoms with van der Waals surface area (Å²) in [6.07, 6.45) is 1.01. The lowest BCUT2D eigenvalue weighted by atomic mass is 10.1. The molecule has 1 aromatic heterocycles. The topological polar surface area (TPSA) is 84.9 Å². The monoisotopic (exact) mass is 529 g/mol. The van der Waals surface area contributed by atoms with Gasteiger partial charge < -0.3 is 25.2 Å². The Morgan fingerprint density at radius 1 is 0.949 bits per heavy atom. The van der Waals surface area contributed by atoms with Gasteiger partial charge in [0.15, 0.2) is 0 Å². The molecule has 4 atom stereocenters. The predicted molar refractivity (Wildman–Crippen MR) is 153 cm³/mol. The molecule has 3 fully saturated rings. The lowest BCUT2D eigenvalue weighted by Crippen LogP contribution is -2.54. The number of anilines is 3. The lowest BCUT2D eigenvalue weighted by Gasteiger charge is -2.42. The second-order valence-corrected chi connectivity index (χ2v) is 11.0. The number of benzene rings is 2. The number of hydrogen-bond donors (Lipinski definition) is 1. The SMILES string of the molecule is C[C@@H]1CN(c2ccc(C#N)c3ncccc23)C[C@H](CN2CCN(c3ccc(N4CC(N)C(F)C4)cc3)CC2)O1. The zero-order valence-electron chi connectivity index (χ0n) is 22.4. The van der Waals surface area contributed by atoms with E-state index < -0.39 is 12.2 Å². The molecule has 2 unspecified atom stereocenters. The number of morpholine rings is 1. The third-order valence-electron chi connectivity index (χ3n) is 8.24. The fraction of sp³-hybridized carbons (Fsp3) is 0.467. The first-order chi connectivity index (χ1) is 19.0. The molecule has 6 rings (SSSR count). The van der Waals surface area contributed by atoms with Crippen LogP contribution >= 0.6 is 0 Å². The first kappa shape index (κ1) is 25.8. The molecule has 4 heterocycles. The number of nitriles is 1. The van der Waals surface area contributed by atoms with Crippen molar-refractivity contribution in [1.82, 2.24) is 9.88 Å². The van der Waals surface area contributed by atoms with E-state index in [0.29, 0.717) is 18.7 Å². The molecule has 39 heavy (non-hydrogen) atoms. The number of halogens is 1. The Hall–Kier alpha value is -3.45. The molecule has 0 radical (unpaired) electrons. The highest BCUT2D eigenvalue weighted by molar-refractivity contribution is 5.95. The molecular weight excluding hydrogens is 493 g/mol. The van der Waals surface area contributed by atoms with E-state index in [1.165, 1.54) is 5.69 Å². The van der Waals surface area contributed by atoms with E-state index in [9.17, 15) is 9.65 Å². The highest BCUT2D eigenvalue weighted by Crippen LogP contribution is 2.31. The Kier molecular flexibility index (Phi) is 7.26.